The lowest BCUT2D eigenvalue weighted by atomic mass is 9.81. The maximum absolute atomic E-state index is 5.33. The molecule has 2 unspecified atom stereocenters. The van der Waals surface area contributed by atoms with Gasteiger partial charge in [0.05, 0.1) is 7.11 Å². The molecule has 1 rings (SSSR count). The average Bonchev–Trinajstić information content (AvgIpc) is 2.65. The van der Waals surface area contributed by atoms with Crippen LogP contribution in [0.1, 0.15) is 45.8 Å². The van der Waals surface area contributed by atoms with Crippen molar-refractivity contribution in [3.8, 4) is 5.88 Å². The summed E-state index contributed by atoms with van der Waals surface area (Å²) in [6, 6.07) is 1.90. The Morgan fingerprint density at radius 2 is 2.07 bits per heavy atom. The summed E-state index contributed by atoms with van der Waals surface area (Å²) in [4.78, 5) is 0. The molecule has 15 heavy (non-hydrogen) atoms. The fourth-order valence-corrected chi connectivity index (χ4v) is 2.05. The van der Waals surface area contributed by atoms with Gasteiger partial charge in [-0.1, -0.05) is 34.1 Å². The van der Waals surface area contributed by atoms with Gasteiger partial charge in [-0.3, -0.25) is 0 Å². The van der Waals surface area contributed by atoms with E-state index in [9.17, 15) is 0 Å². The standard InChI is InChI=1S/C12H21NO2/c1-6-9(4)12(8(2)3)10-7-11(14-5)13-15-10/h7-9,12H,6H2,1-5H3. The molecule has 86 valence electrons. The van der Waals surface area contributed by atoms with Crippen molar-refractivity contribution < 1.29 is 9.26 Å². The first-order valence-corrected chi connectivity index (χ1v) is 5.60. The average molecular weight is 211 g/mol. The first kappa shape index (κ1) is 12.1. The van der Waals surface area contributed by atoms with Crippen LogP contribution in [-0.4, -0.2) is 12.3 Å². The molecular formula is C12H21NO2. The zero-order valence-electron chi connectivity index (χ0n) is 10.3. The lowest BCUT2D eigenvalue weighted by Crippen LogP contribution is -2.14. The third kappa shape index (κ3) is 2.74. The van der Waals surface area contributed by atoms with Gasteiger partial charge >= 0.3 is 0 Å². The number of aromatic nitrogens is 1. The van der Waals surface area contributed by atoms with Crippen LogP contribution in [0.2, 0.25) is 0 Å². The topological polar surface area (TPSA) is 35.3 Å². The van der Waals surface area contributed by atoms with Crippen LogP contribution in [0.4, 0.5) is 0 Å². The van der Waals surface area contributed by atoms with Crippen molar-refractivity contribution in [3.05, 3.63) is 11.8 Å². The third-order valence-electron chi connectivity index (χ3n) is 3.02. The van der Waals surface area contributed by atoms with Crippen LogP contribution < -0.4 is 4.74 Å². The Labute approximate surface area is 91.8 Å². The molecule has 0 radical (unpaired) electrons. The SMILES string of the molecule is CCC(C)C(c1cc(OC)no1)C(C)C. The Bertz CT molecular complexity index is 294. The van der Waals surface area contributed by atoms with E-state index in [0.717, 1.165) is 12.2 Å². The smallest absolute Gasteiger partial charge is 0.254 e. The van der Waals surface area contributed by atoms with Crippen LogP contribution in [-0.2, 0) is 0 Å². The number of ether oxygens (including phenoxy) is 1. The molecule has 0 aliphatic rings. The highest BCUT2D eigenvalue weighted by Gasteiger charge is 2.25. The maximum Gasteiger partial charge on any atom is 0.254 e. The van der Waals surface area contributed by atoms with Crippen molar-refractivity contribution in [2.75, 3.05) is 7.11 Å². The largest absolute Gasteiger partial charge is 0.479 e. The normalized spacial score (nSPS) is 15.3. The van der Waals surface area contributed by atoms with E-state index in [1.165, 1.54) is 0 Å². The molecule has 0 bridgehead atoms. The van der Waals surface area contributed by atoms with Gasteiger partial charge in [0.2, 0.25) is 0 Å². The molecule has 0 saturated heterocycles. The molecule has 2 atom stereocenters. The number of hydrogen-bond acceptors (Lipinski definition) is 3. The summed E-state index contributed by atoms with van der Waals surface area (Å²) < 4.78 is 10.4. The van der Waals surface area contributed by atoms with Crippen molar-refractivity contribution in [3.63, 3.8) is 0 Å². The van der Waals surface area contributed by atoms with Crippen molar-refractivity contribution in [1.29, 1.82) is 0 Å². The van der Waals surface area contributed by atoms with Gasteiger partial charge in [0, 0.05) is 12.0 Å². The van der Waals surface area contributed by atoms with E-state index < -0.39 is 0 Å². The highest BCUT2D eigenvalue weighted by molar-refractivity contribution is 5.15. The minimum absolute atomic E-state index is 0.423. The molecular weight excluding hydrogens is 190 g/mol. The van der Waals surface area contributed by atoms with Gasteiger partial charge < -0.3 is 9.26 Å². The quantitative estimate of drug-likeness (QED) is 0.748. The fraction of sp³-hybridized carbons (Fsp3) is 0.750. The molecule has 0 spiro atoms. The Hall–Kier alpha value is -0.990. The molecule has 0 aliphatic carbocycles. The summed E-state index contributed by atoms with van der Waals surface area (Å²) in [5.74, 6) is 3.09. The first-order chi connectivity index (χ1) is 7.10. The first-order valence-electron chi connectivity index (χ1n) is 5.60. The number of methoxy groups -OCH3 is 1. The fourth-order valence-electron chi connectivity index (χ4n) is 2.05. The molecule has 0 saturated carbocycles. The summed E-state index contributed by atoms with van der Waals surface area (Å²) in [5, 5.41) is 3.86. The number of hydrogen-bond donors (Lipinski definition) is 0. The van der Waals surface area contributed by atoms with Gasteiger partial charge in [-0.05, 0) is 17.0 Å². The van der Waals surface area contributed by atoms with E-state index in [0.29, 0.717) is 23.6 Å². The number of nitrogens with zero attached hydrogens (tertiary/aromatic N) is 1. The highest BCUT2D eigenvalue weighted by Crippen LogP contribution is 2.35. The summed E-state index contributed by atoms with van der Waals surface area (Å²) in [7, 11) is 1.61. The van der Waals surface area contributed by atoms with Crippen LogP contribution in [0.5, 0.6) is 5.88 Å². The molecule has 3 heteroatoms. The maximum atomic E-state index is 5.33. The van der Waals surface area contributed by atoms with Crippen molar-refractivity contribution in [2.45, 2.75) is 40.0 Å². The van der Waals surface area contributed by atoms with Crippen molar-refractivity contribution >= 4 is 0 Å². The summed E-state index contributed by atoms with van der Waals surface area (Å²) in [6.07, 6.45) is 1.14. The molecule has 0 fully saturated rings. The molecule has 0 aliphatic heterocycles. The molecule has 0 aromatic carbocycles. The molecule has 3 nitrogen and oxygen atoms in total. The van der Waals surface area contributed by atoms with E-state index >= 15 is 0 Å². The van der Waals surface area contributed by atoms with Crippen molar-refractivity contribution in [2.24, 2.45) is 11.8 Å². The summed E-state index contributed by atoms with van der Waals surface area (Å²) >= 11 is 0. The highest BCUT2D eigenvalue weighted by atomic mass is 16.5. The monoisotopic (exact) mass is 211 g/mol. The second-order valence-corrected chi connectivity index (χ2v) is 4.43. The third-order valence-corrected chi connectivity index (χ3v) is 3.02. The second-order valence-electron chi connectivity index (χ2n) is 4.43. The van der Waals surface area contributed by atoms with E-state index in [1.54, 1.807) is 7.11 Å². The second kappa shape index (κ2) is 5.19. The predicted octanol–water partition coefficient (Wildman–Crippen LogP) is 3.47. The number of rotatable bonds is 5. The predicted molar refractivity (Wildman–Crippen MR) is 60.1 cm³/mol. The van der Waals surface area contributed by atoms with Gasteiger partial charge in [-0.2, -0.15) is 0 Å². The lowest BCUT2D eigenvalue weighted by molar-refractivity contribution is 0.263. The minimum atomic E-state index is 0.423. The van der Waals surface area contributed by atoms with E-state index in [-0.39, 0.29) is 0 Å². The Morgan fingerprint density at radius 1 is 1.40 bits per heavy atom. The lowest BCUT2D eigenvalue weighted by Gasteiger charge is -2.23. The van der Waals surface area contributed by atoms with E-state index in [2.05, 4.69) is 32.9 Å². The molecule has 1 aromatic heterocycles. The molecule has 1 aromatic rings. The van der Waals surface area contributed by atoms with Crippen LogP contribution in [0.3, 0.4) is 0 Å². The molecule has 0 amide bonds. The van der Waals surface area contributed by atoms with E-state index in [1.807, 2.05) is 6.07 Å². The van der Waals surface area contributed by atoms with Gasteiger partial charge in [-0.25, -0.2) is 0 Å². The van der Waals surface area contributed by atoms with Crippen LogP contribution in [0.25, 0.3) is 0 Å². The van der Waals surface area contributed by atoms with Crippen LogP contribution in [0, 0.1) is 11.8 Å². The minimum Gasteiger partial charge on any atom is -0.479 e. The van der Waals surface area contributed by atoms with Gasteiger partial charge in [0.15, 0.2) is 0 Å². The zero-order valence-corrected chi connectivity index (χ0v) is 10.3. The van der Waals surface area contributed by atoms with Crippen LogP contribution in [0.15, 0.2) is 10.6 Å². The Morgan fingerprint density at radius 3 is 2.47 bits per heavy atom. The van der Waals surface area contributed by atoms with Gasteiger partial charge in [0.25, 0.3) is 5.88 Å². The zero-order chi connectivity index (χ0) is 11.4. The Balaban J connectivity index is 2.88. The van der Waals surface area contributed by atoms with Gasteiger partial charge in [0.1, 0.15) is 5.76 Å². The van der Waals surface area contributed by atoms with Crippen LogP contribution >= 0.6 is 0 Å². The molecule has 0 N–H and O–H groups in total. The summed E-state index contributed by atoms with van der Waals surface area (Å²) in [5.41, 5.74) is 0. The van der Waals surface area contributed by atoms with Crippen molar-refractivity contribution in [1.82, 2.24) is 5.16 Å². The Kier molecular flexibility index (Phi) is 4.18. The molecule has 1 heterocycles. The summed E-state index contributed by atoms with van der Waals surface area (Å²) in [6.45, 7) is 8.88. The van der Waals surface area contributed by atoms with E-state index in [4.69, 9.17) is 9.26 Å². The van der Waals surface area contributed by atoms with Gasteiger partial charge in [-0.15, -0.1) is 0 Å².